The summed E-state index contributed by atoms with van der Waals surface area (Å²) in [7, 11) is 0.421. The van der Waals surface area contributed by atoms with Gasteiger partial charge >= 0.3 is 0 Å². The molecule has 0 heterocycles. The number of amides is 1. The minimum absolute atomic E-state index is 0.0239. The lowest BCUT2D eigenvalue weighted by Gasteiger charge is -2.18. The van der Waals surface area contributed by atoms with Gasteiger partial charge in [0.2, 0.25) is 15.9 Å². The molecule has 0 aliphatic heterocycles. The standard InChI is InChI=1S/C17H28N2O6S/c1-13(2)25-10-6-9-18-17(20)12-19(3)26(21,22)14-7-8-15(23-4)16(11-14)24-5/h7-8,11,13H,6,9-10,12H2,1-5H3,(H,18,20). The van der Waals surface area contributed by atoms with E-state index in [2.05, 4.69) is 5.32 Å². The number of sulfonamides is 1. The highest BCUT2D eigenvalue weighted by Gasteiger charge is 2.24. The van der Waals surface area contributed by atoms with Crippen molar-refractivity contribution in [3.63, 3.8) is 0 Å². The molecule has 0 aromatic heterocycles. The third-order valence-corrected chi connectivity index (χ3v) is 5.32. The molecular weight excluding hydrogens is 360 g/mol. The van der Waals surface area contributed by atoms with Crippen LogP contribution in [0.1, 0.15) is 20.3 Å². The van der Waals surface area contributed by atoms with Crippen LogP contribution in [0, 0.1) is 0 Å². The predicted octanol–water partition coefficient (Wildman–Crippen LogP) is 1.26. The zero-order chi connectivity index (χ0) is 19.7. The Morgan fingerprint density at radius 2 is 1.85 bits per heavy atom. The molecular formula is C17H28N2O6S. The predicted molar refractivity (Wildman–Crippen MR) is 98.1 cm³/mol. The minimum Gasteiger partial charge on any atom is -0.493 e. The van der Waals surface area contributed by atoms with E-state index in [-0.39, 0.29) is 23.5 Å². The first-order valence-corrected chi connectivity index (χ1v) is 9.73. The maximum Gasteiger partial charge on any atom is 0.243 e. The van der Waals surface area contributed by atoms with Crippen LogP contribution in [0.15, 0.2) is 23.1 Å². The SMILES string of the molecule is COc1ccc(S(=O)(=O)N(C)CC(=O)NCCCOC(C)C)cc1OC. The molecule has 9 heteroatoms. The molecule has 148 valence electrons. The lowest BCUT2D eigenvalue weighted by Crippen LogP contribution is -2.38. The van der Waals surface area contributed by atoms with Crippen molar-refractivity contribution in [2.75, 3.05) is 41.0 Å². The fraction of sp³-hybridized carbons (Fsp3) is 0.588. The first kappa shape index (κ1) is 22.2. The van der Waals surface area contributed by atoms with E-state index < -0.39 is 10.0 Å². The van der Waals surface area contributed by atoms with Gasteiger partial charge in [-0.1, -0.05) is 0 Å². The molecule has 8 nitrogen and oxygen atoms in total. The second kappa shape index (κ2) is 10.3. The van der Waals surface area contributed by atoms with E-state index in [0.717, 1.165) is 4.31 Å². The summed E-state index contributed by atoms with van der Waals surface area (Å²) < 4.78 is 41.8. The molecule has 0 radical (unpaired) electrons. The quantitative estimate of drug-likeness (QED) is 0.574. The fourth-order valence-electron chi connectivity index (χ4n) is 2.12. The van der Waals surface area contributed by atoms with Crippen LogP contribution in [0.2, 0.25) is 0 Å². The maximum atomic E-state index is 12.6. The average molecular weight is 388 g/mol. The number of rotatable bonds is 11. The van der Waals surface area contributed by atoms with Crippen molar-refractivity contribution in [1.82, 2.24) is 9.62 Å². The zero-order valence-corrected chi connectivity index (χ0v) is 16.8. The first-order chi connectivity index (χ1) is 12.2. The van der Waals surface area contributed by atoms with Crippen LogP contribution in [0.3, 0.4) is 0 Å². The van der Waals surface area contributed by atoms with Crippen LogP contribution in [0.25, 0.3) is 0 Å². The number of methoxy groups -OCH3 is 2. The van der Waals surface area contributed by atoms with Gasteiger partial charge in [0.05, 0.1) is 31.8 Å². The monoisotopic (exact) mass is 388 g/mol. The summed E-state index contributed by atoms with van der Waals surface area (Å²) in [6, 6.07) is 4.29. The third kappa shape index (κ3) is 6.47. The fourth-order valence-corrected chi connectivity index (χ4v) is 3.26. The number of nitrogens with zero attached hydrogens (tertiary/aromatic N) is 1. The van der Waals surface area contributed by atoms with E-state index in [9.17, 15) is 13.2 Å². The molecule has 26 heavy (non-hydrogen) atoms. The molecule has 0 unspecified atom stereocenters. The largest absolute Gasteiger partial charge is 0.493 e. The van der Waals surface area contributed by atoms with E-state index >= 15 is 0 Å². The van der Waals surface area contributed by atoms with Gasteiger partial charge < -0.3 is 19.5 Å². The number of carbonyl (C=O) groups is 1. The summed E-state index contributed by atoms with van der Waals surface area (Å²) >= 11 is 0. The molecule has 1 aromatic rings. The first-order valence-electron chi connectivity index (χ1n) is 8.29. The number of hydrogen-bond donors (Lipinski definition) is 1. The van der Waals surface area contributed by atoms with E-state index in [1.54, 1.807) is 0 Å². The van der Waals surface area contributed by atoms with Gasteiger partial charge in [-0.2, -0.15) is 4.31 Å². The van der Waals surface area contributed by atoms with Crippen LogP contribution in [-0.4, -0.2) is 65.7 Å². The van der Waals surface area contributed by atoms with Crippen LogP contribution in [0.4, 0.5) is 0 Å². The Morgan fingerprint density at radius 3 is 2.42 bits per heavy atom. The van der Waals surface area contributed by atoms with Crippen molar-refractivity contribution in [2.45, 2.75) is 31.3 Å². The Balaban J connectivity index is 2.65. The van der Waals surface area contributed by atoms with Crippen molar-refractivity contribution in [2.24, 2.45) is 0 Å². The van der Waals surface area contributed by atoms with Gasteiger partial charge in [0, 0.05) is 26.3 Å². The highest BCUT2D eigenvalue weighted by Crippen LogP contribution is 2.30. The summed E-state index contributed by atoms with van der Waals surface area (Å²) in [6.45, 7) is 4.56. The molecule has 0 fully saturated rings. The van der Waals surface area contributed by atoms with Crippen molar-refractivity contribution >= 4 is 15.9 Å². The summed E-state index contributed by atoms with van der Waals surface area (Å²) in [5.74, 6) is 0.355. The minimum atomic E-state index is -3.83. The Labute approximate surface area is 155 Å². The average Bonchev–Trinajstić information content (AvgIpc) is 2.60. The number of benzene rings is 1. The molecule has 1 N–H and O–H groups in total. The zero-order valence-electron chi connectivity index (χ0n) is 15.9. The summed E-state index contributed by atoms with van der Waals surface area (Å²) in [4.78, 5) is 12.0. The van der Waals surface area contributed by atoms with Crippen LogP contribution in [0.5, 0.6) is 11.5 Å². The van der Waals surface area contributed by atoms with E-state index in [1.165, 1.54) is 39.5 Å². The Kier molecular flexibility index (Phi) is 8.83. The normalized spacial score (nSPS) is 11.7. The second-order valence-electron chi connectivity index (χ2n) is 5.90. The molecule has 0 aliphatic rings. The topological polar surface area (TPSA) is 94.2 Å². The number of hydrogen-bond acceptors (Lipinski definition) is 6. The van der Waals surface area contributed by atoms with Gasteiger partial charge in [0.15, 0.2) is 11.5 Å². The van der Waals surface area contributed by atoms with E-state index in [4.69, 9.17) is 14.2 Å². The molecule has 1 aromatic carbocycles. The summed E-state index contributed by atoms with van der Waals surface area (Å²) in [5.41, 5.74) is 0. The molecule has 1 amide bonds. The van der Waals surface area contributed by atoms with Crippen LogP contribution < -0.4 is 14.8 Å². The Bertz CT molecular complexity index is 690. The Morgan fingerprint density at radius 1 is 1.19 bits per heavy atom. The van der Waals surface area contributed by atoms with Crippen molar-refractivity contribution < 1.29 is 27.4 Å². The second-order valence-corrected chi connectivity index (χ2v) is 7.95. The molecule has 0 saturated carbocycles. The number of nitrogens with one attached hydrogen (secondary N) is 1. The molecule has 0 spiro atoms. The number of ether oxygens (including phenoxy) is 3. The van der Waals surface area contributed by atoms with Gasteiger partial charge in [-0.15, -0.1) is 0 Å². The number of carbonyl (C=O) groups excluding carboxylic acids is 1. The molecule has 0 saturated heterocycles. The molecule has 1 rings (SSSR count). The van der Waals surface area contributed by atoms with Gasteiger partial charge in [0.1, 0.15) is 0 Å². The lowest BCUT2D eigenvalue weighted by molar-refractivity contribution is -0.121. The van der Waals surface area contributed by atoms with Crippen molar-refractivity contribution in [3.8, 4) is 11.5 Å². The third-order valence-electron chi connectivity index (χ3n) is 3.52. The molecule has 0 atom stereocenters. The van der Waals surface area contributed by atoms with E-state index in [1.807, 2.05) is 13.8 Å². The highest BCUT2D eigenvalue weighted by atomic mass is 32.2. The van der Waals surface area contributed by atoms with Gasteiger partial charge in [-0.3, -0.25) is 4.79 Å². The maximum absolute atomic E-state index is 12.6. The summed E-state index contributed by atoms with van der Waals surface area (Å²) in [6.07, 6.45) is 0.805. The van der Waals surface area contributed by atoms with Gasteiger partial charge in [-0.05, 0) is 32.4 Å². The smallest absolute Gasteiger partial charge is 0.243 e. The number of likely N-dealkylation sites (N-methyl/N-ethyl adjacent to an activating group) is 1. The highest BCUT2D eigenvalue weighted by molar-refractivity contribution is 7.89. The lowest BCUT2D eigenvalue weighted by atomic mass is 10.3. The van der Waals surface area contributed by atoms with Crippen LogP contribution in [-0.2, 0) is 19.6 Å². The summed E-state index contributed by atoms with van der Waals surface area (Å²) in [5, 5.41) is 2.68. The van der Waals surface area contributed by atoms with E-state index in [0.29, 0.717) is 31.1 Å². The van der Waals surface area contributed by atoms with Crippen molar-refractivity contribution in [3.05, 3.63) is 18.2 Å². The van der Waals surface area contributed by atoms with Gasteiger partial charge in [0.25, 0.3) is 0 Å². The Hall–Kier alpha value is -1.84. The van der Waals surface area contributed by atoms with Crippen LogP contribution >= 0.6 is 0 Å². The van der Waals surface area contributed by atoms with Crippen molar-refractivity contribution in [1.29, 1.82) is 0 Å². The molecule has 0 aliphatic carbocycles. The van der Waals surface area contributed by atoms with Gasteiger partial charge in [-0.25, -0.2) is 8.42 Å². The molecule has 0 bridgehead atoms.